The van der Waals surface area contributed by atoms with Crippen molar-refractivity contribution in [3.63, 3.8) is 0 Å². The van der Waals surface area contributed by atoms with Gasteiger partial charge in [-0.3, -0.25) is 4.79 Å². The molecule has 0 atom stereocenters. The van der Waals surface area contributed by atoms with Gasteiger partial charge in [0.05, 0.1) is 11.8 Å². The van der Waals surface area contributed by atoms with Gasteiger partial charge in [0.25, 0.3) is 5.91 Å². The van der Waals surface area contributed by atoms with Crippen LogP contribution in [-0.4, -0.2) is 38.7 Å². The van der Waals surface area contributed by atoms with Crippen LogP contribution in [0.5, 0.6) is 5.88 Å². The third-order valence-corrected chi connectivity index (χ3v) is 4.67. The lowest BCUT2D eigenvalue weighted by Gasteiger charge is -2.26. The van der Waals surface area contributed by atoms with E-state index < -0.39 is 10.1 Å². The Bertz CT molecular complexity index is 711. The lowest BCUT2D eigenvalue weighted by molar-refractivity contribution is 0.0965. The van der Waals surface area contributed by atoms with E-state index in [0.29, 0.717) is 23.0 Å². The highest BCUT2D eigenvalue weighted by Gasteiger charge is 2.29. The molecule has 1 aromatic rings. The molecule has 22 heavy (non-hydrogen) atoms. The van der Waals surface area contributed by atoms with E-state index in [2.05, 4.69) is 10.3 Å². The molecule has 1 fully saturated rings. The van der Waals surface area contributed by atoms with Crippen molar-refractivity contribution in [3.05, 3.63) is 17.2 Å². The molecule has 1 amide bonds. The summed E-state index contributed by atoms with van der Waals surface area (Å²) in [5, 5.41) is 2.67. The molecule has 1 aliphatic carbocycles. The Kier molecular flexibility index (Phi) is 3.72. The zero-order valence-corrected chi connectivity index (χ0v) is 13.4. The highest BCUT2D eigenvalue weighted by atomic mass is 32.2. The minimum Gasteiger partial charge on any atom is -0.361 e. The van der Waals surface area contributed by atoms with E-state index in [0.717, 1.165) is 19.1 Å². The number of fused-ring (bicyclic) bond motifs is 1. The molecule has 0 saturated heterocycles. The fourth-order valence-electron chi connectivity index (χ4n) is 3.04. The van der Waals surface area contributed by atoms with Crippen LogP contribution in [0.2, 0.25) is 0 Å². The first-order valence-corrected chi connectivity index (χ1v) is 9.11. The number of amides is 1. The summed E-state index contributed by atoms with van der Waals surface area (Å²) in [4.78, 5) is 18.3. The maximum atomic E-state index is 11.9. The van der Waals surface area contributed by atoms with Gasteiger partial charge in [0, 0.05) is 25.2 Å². The van der Waals surface area contributed by atoms with Crippen LogP contribution in [0.25, 0.3) is 0 Å². The Labute approximate surface area is 129 Å². The lowest BCUT2D eigenvalue weighted by atomic mass is 10.1. The molecule has 0 unspecified atom stereocenters. The molecule has 120 valence electrons. The third-order valence-electron chi connectivity index (χ3n) is 4.21. The molecule has 0 aromatic carbocycles. The maximum absolute atomic E-state index is 11.9. The summed E-state index contributed by atoms with van der Waals surface area (Å²) in [5.41, 5.74) is 0.937. The Hall–Kier alpha value is -1.83. The van der Waals surface area contributed by atoms with Gasteiger partial charge in [0.2, 0.25) is 5.88 Å². The van der Waals surface area contributed by atoms with E-state index in [1.54, 1.807) is 6.07 Å². The van der Waals surface area contributed by atoms with Gasteiger partial charge in [-0.05, 0) is 18.9 Å². The largest absolute Gasteiger partial charge is 0.361 e. The average molecular weight is 325 g/mol. The number of carbonyl (C=O) groups excluding carboxylic acids is 1. The first-order valence-electron chi connectivity index (χ1n) is 7.29. The predicted molar refractivity (Wildman–Crippen MR) is 81.5 cm³/mol. The van der Waals surface area contributed by atoms with Crippen LogP contribution in [0.4, 0.5) is 5.82 Å². The van der Waals surface area contributed by atoms with Gasteiger partial charge in [-0.25, -0.2) is 0 Å². The van der Waals surface area contributed by atoms with Gasteiger partial charge in [-0.1, -0.05) is 12.8 Å². The van der Waals surface area contributed by atoms with E-state index in [9.17, 15) is 13.2 Å². The fourth-order valence-corrected chi connectivity index (χ4v) is 3.47. The van der Waals surface area contributed by atoms with Crippen LogP contribution in [0.3, 0.4) is 0 Å². The molecule has 3 rings (SSSR count). The van der Waals surface area contributed by atoms with Crippen molar-refractivity contribution in [1.82, 2.24) is 10.3 Å². The van der Waals surface area contributed by atoms with Crippen LogP contribution in [0.15, 0.2) is 6.07 Å². The van der Waals surface area contributed by atoms with Crippen molar-refractivity contribution in [2.24, 2.45) is 0 Å². The average Bonchev–Trinajstić information content (AvgIpc) is 3.07. The van der Waals surface area contributed by atoms with Crippen molar-refractivity contribution >= 4 is 21.8 Å². The summed E-state index contributed by atoms with van der Waals surface area (Å²) in [6.07, 6.45) is 5.46. The molecule has 2 heterocycles. The topological polar surface area (TPSA) is 88.6 Å². The minimum atomic E-state index is -3.70. The Morgan fingerprint density at radius 3 is 2.68 bits per heavy atom. The van der Waals surface area contributed by atoms with Crippen molar-refractivity contribution in [3.8, 4) is 5.88 Å². The van der Waals surface area contributed by atoms with Gasteiger partial charge in [-0.2, -0.15) is 13.4 Å². The second kappa shape index (κ2) is 5.42. The first-order chi connectivity index (χ1) is 10.3. The van der Waals surface area contributed by atoms with Crippen LogP contribution in [0, 0.1) is 0 Å². The van der Waals surface area contributed by atoms with Gasteiger partial charge >= 0.3 is 10.1 Å². The Balaban J connectivity index is 2.02. The summed E-state index contributed by atoms with van der Waals surface area (Å²) < 4.78 is 27.9. The molecular formula is C14H19N3O4S. The predicted octanol–water partition coefficient (Wildman–Crippen LogP) is 1.04. The van der Waals surface area contributed by atoms with Gasteiger partial charge < -0.3 is 14.4 Å². The van der Waals surface area contributed by atoms with Crippen LogP contribution < -0.4 is 14.4 Å². The van der Waals surface area contributed by atoms with Crippen molar-refractivity contribution in [2.45, 2.75) is 38.3 Å². The molecule has 1 aromatic heterocycles. The van der Waals surface area contributed by atoms with Crippen LogP contribution in [0.1, 0.15) is 41.6 Å². The molecule has 1 aliphatic heterocycles. The molecule has 0 bridgehead atoms. The SMILES string of the molecule is CN(c1cc2c(c(OS(C)(=O)=O)n1)CNC2=O)C1CCCC1. The number of anilines is 1. The molecular weight excluding hydrogens is 306 g/mol. The number of hydrogen-bond donors (Lipinski definition) is 1. The molecule has 7 nitrogen and oxygen atoms in total. The van der Waals surface area contributed by atoms with E-state index in [1.165, 1.54) is 12.8 Å². The van der Waals surface area contributed by atoms with E-state index in [-0.39, 0.29) is 18.3 Å². The second-order valence-corrected chi connectivity index (χ2v) is 7.41. The molecule has 1 saturated carbocycles. The van der Waals surface area contributed by atoms with Crippen molar-refractivity contribution < 1.29 is 17.4 Å². The third kappa shape index (κ3) is 2.87. The Morgan fingerprint density at radius 2 is 2.05 bits per heavy atom. The maximum Gasteiger partial charge on any atom is 0.307 e. The summed E-state index contributed by atoms with van der Waals surface area (Å²) >= 11 is 0. The monoisotopic (exact) mass is 325 g/mol. The summed E-state index contributed by atoms with van der Waals surface area (Å²) in [6.45, 7) is 0.236. The number of nitrogens with zero attached hydrogens (tertiary/aromatic N) is 2. The molecule has 8 heteroatoms. The quantitative estimate of drug-likeness (QED) is 0.832. The summed E-state index contributed by atoms with van der Waals surface area (Å²) in [6, 6.07) is 2.08. The summed E-state index contributed by atoms with van der Waals surface area (Å²) in [5.74, 6) is 0.344. The number of carbonyl (C=O) groups is 1. The molecule has 1 N–H and O–H groups in total. The molecule has 2 aliphatic rings. The van der Waals surface area contributed by atoms with Crippen molar-refractivity contribution in [2.75, 3.05) is 18.2 Å². The zero-order chi connectivity index (χ0) is 15.9. The highest BCUT2D eigenvalue weighted by molar-refractivity contribution is 7.86. The van der Waals surface area contributed by atoms with Gasteiger partial charge in [0.15, 0.2) is 0 Å². The number of nitrogens with one attached hydrogen (secondary N) is 1. The van der Waals surface area contributed by atoms with E-state index in [4.69, 9.17) is 4.18 Å². The normalized spacial score (nSPS) is 18.2. The van der Waals surface area contributed by atoms with E-state index >= 15 is 0 Å². The van der Waals surface area contributed by atoms with Crippen LogP contribution in [-0.2, 0) is 16.7 Å². The highest BCUT2D eigenvalue weighted by Crippen LogP contribution is 2.32. The van der Waals surface area contributed by atoms with E-state index in [1.807, 2.05) is 11.9 Å². The number of aromatic nitrogens is 1. The number of hydrogen-bond acceptors (Lipinski definition) is 6. The molecule has 0 radical (unpaired) electrons. The number of pyridine rings is 1. The first kappa shape index (κ1) is 15.1. The summed E-state index contributed by atoms with van der Waals surface area (Å²) in [7, 11) is -1.78. The minimum absolute atomic E-state index is 0.00167. The van der Waals surface area contributed by atoms with Crippen molar-refractivity contribution in [1.29, 1.82) is 0 Å². The van der Waals surface area contributed by atoms with Gasteiger partial charge in [0.1, 0.15) is 5.82 Å². The molecule has 0 spiro atoms. The fraction of sp³-hybridized carbons (Fsp3) is 0.571. The zero-order valence-electron chi connectivity index (χ0n) is 12.6. The van der Waals surface area contributed by atoms with Gasteiger partial charge in [-0.15, -0.1) is 0 Å². The lowest BCUT2D eigenvalue weighted by Crippen LogP contribution is -2.30. The Morgan fingerprint density at radius 1 is 1.36 bits per heavy atom. The smallest absolute Gasteiger partial charge is 0.307 e. The second-order valence-electron chi connectivity index (χ2n) is 5.83. The number of rotatable bonds is 4. The standard InChI is InChI=1S/C14H19N3O4S/c1-17(9-5-3-4-6-9)12-7-10-11(8-15-13(10)18)14(16-12)21-22(2,19)20/h7,9H,3-6,8H2,1-2H3,(H,15,18). The van der Waals surface area contributed by atoms with Crippen LogP contribution >= 0.6 is 0 Å².